The molecular weight excluding hydrogens is 468 g/mol. The molecule has 7 aromatic rings. The van der Waals surface area contributed by atoms with E-state index in [4.69, 9.17) is 0 Å². The standard InChI is InChI=1S/C34H24N2O2/c1-21-11-15-23(16-12-21)35-29-9-5-3-7-25(29)33(37)27-20-32-28(19-31(27)35)34(38)26-8-4-6-10-30(26)36(32)24-17-13-22(2)14-18-24/h3-20H,1-2H3. The predicted molar refractivity (Wildman–Crippen MR) is 157 cm³/mol. The second-order valence-electron chi connectivity index (χ2n) is 9.92. The van der Waals surface area contributed by atoms with Crippen LogP contribution in [0.2, 0.25) is 0 Å². The van der Waals surface area contributed by atoms with Gasteiger partial charge in [0.1, 0.15) is 0 Å². The number of para-hydroxylation sites is 2. The molecule has 4 nitrogen and oxygen atoms in total. The van der Waals surface area contributed by atoms with Crippen LogP contribution in [0.1, 0.15) is 11.1 Å². The van der Waals surface area contributed by atoms with Crippen LogP contribution >= 0.6 is 0 Å². The fourth-order valence-electron chi connectivity index (χ4n) is 5.53. The van der Waals surface area contributed by atoms with Gasteiger partial charge in [-0.3, -0.25) is 9.59 Å². The zero-order valence-electron chi connectivity index (χ0n) is 21.1. The van der Waals surface area contributed by atoms with E-state index >= 15 is 0 Å². The lowest BCUT2D eigenvalue weighted by atomic mass is 10.0. The summed E-state index contributed by atoms with van der Waals surface area (Å²) in [6.07, 6.45) is 0. The summed E-state index contributed by atoms with van der Waals surface area (Å²) in [5, 5.41) is 2.44. The van der Waals surface area contributed by atoms with Gasteiger partial charge in [-0.2, -0.15) is 0 Å². The molecule has 182 valence electrons. The van der Waals surface area contributed by atoms with Crippen molar-refractivity contribution in [3.8, 4) is 11.4 Å². The van der Waals surface area contributed by atoms with Gasteiger partial charge in [-0.15, -0.1) is 0 Å². The summed E-state index contributed by atoms with van der Waals surface area (Å²) in [6.45, 7) is 4.11. The van der Waals surface area contributed by atoms with Gasteiger partial charge >= 0.3 is 0 Å². The minimum atomic E-state index is -0.0445. The van der Waals surface area contributed by atoms with Gasteiger partial charge in [-0.1, -0.05) is 59.7 Å². The van der Waals surface area contributed by atoms with Crippen LogP contribution in [0, 0.1) is 13.8 Å². The van der Waals surface area contributed by atoms with Gasteiger partial charge in [0, 0.05) is 32.9 Å². The molecule has 0 spiro atoms. The highest BCUT2D eigenvalue weighted by Gasteiger charge is 2.18. The van der Waals surface area contributed by atoms with Crippen LogP contribution in [-0.2, 0) is 0 Å². The lowest BCUT2D eigenvalue weighted by molar-refractivity contribution is 1.15. The average molecular weight is 493 g/mol. The maximum atomic E-state index is 13.9. The van der Waals surface area contributed by atoms with Crippen LogP contribution in [0.4, 0.5) is 0 Å². The topological polar surface area (TPSA) is 44.0 Å². The van der Waals surface area contributed by atoms with Gasteiger partial charge in [0.25, 0.3) is 0 Å². The lowest BCUT2D eigenvalue weighted by Crippen LogP contribution is -2.14. The summed E-state index contributed by atoms with van der Waals surface area (Å²) in [7, 11) is 0. The molecule has 2 heterocycles. The summed E-state index contributed by atoms with van der Waals surface area (Å²) in [5.74, 6) is 0. The monoisotopic (exact) mass is 492 g/mol. The molecular formula is C34H24N2O2. The smallest absolute Gasteiger partial charge is 0.197 e. The molecule has 4 heteroatoms. The molecule has 0 aliphatic carbocycles. The lowest BCUT2D eigenvalue weighted by Gasteiger charge is -2.19. The molecule has 0 radical (unpaired) electrons. The Labute approximate surface area is 218 Å². The average Bonchev–Trinajstić information content (AvgIpc) is 2.95. The van der Waals surface area contributed by atoms with E-state index in [1.54, 1.807) is 0 Å². The Kier molecular flexibility index (Phi) is 4.85. The third-order valence-corrected chi connectivity index (χ3v) is 7.45. The summed E-state index contributed by atoms with van der Waals surface area (Å²) < 4.78 is 4.19. The van der Waals surface area contributed by atoms with Gasteiger partial charge < -0.3 is 9.13 Å². The van der Waals surface area contributed by atoms with Gasteiger partial charge in [0.05, 0.1) is 22.1 Å². The maximum Gasteiger partial charge on any atom is 0.197 e. The molecule has 5 aromatic carbocycles. The third kappa shape index (κ3) is 3.24. The van der Waals surface area contributed by atoms with Crippen molar-refractivity contribution in [1.29, 1.82) is 0 Å². The number of hydrogen-bond acceptors (Lipinski definition) is 2. The second-order valence-corrected chi connectivity index (χ2v) is 9.92. The molecule has 0 fully saturated rings. The number of pyridine rings is 2. The number of rotatable bonds is 2. The van der Waals surface area contributed by atoms with E-state index in [1.807, 2.05) is 60.7 Å². The van der Waals surface area contributed by atoms with E-state index in [2.05, 4.69) is 71.5 Å². The predicted octanol–water partition coefficient (Wildman–Crippen LogP) is 7.22. The van der Waals surface area contributed by atoms with Crippen LogP contribution in [0.15, 0.2) is 119 Å². The molecule has 0 bridgehead atoms. The number of fused-ring (bicyclic) bond motifs is 4. The van der Waals surface area contributed by atoms with E-state index in [-0.39, 0.29) is 10.9 Å². The Balaban J connectivity index is 1.73. The highest BCUT2D eigenvalue weighted by Crippen LogP contribution is 2.30. The molecule has 2 aromatic heterocycles. The van der Waals surface area contributed by atoms with Crippen LogP contribution in [-0.4, -0.2) is 9.13 Å². The summed E-state index contributed by atoms with van der Waals surface area (Å²) in [5.41, 5.74) is 7.16. The highest BCUT2D eigenvalue weighted by molar-refractivity contribution is 6.05. The van der Waals surface area contributed by atoms with E-state index in [0.29, 0.717) is 32.6 Å². The molecule has 0 aliphatic heterocycles. The molecule has 0 aliphatic rings. The van der Waals surface area contributed by atoms with Gasteiger partial charge in [-0.25, -0.2) is 0 Å². The Morgan fingerprint density at radius 1 is 0.421 bits per heavy atom. The molecule has 0 unspecified atom stereocenters. The van der Waals surface area contributed by atoms with Gasteiger partial charge in [0.15, 0.2) is 10.9 Å². The molecule has 0 amide bonds. The van der Waals surface area contributed by atoms with E-state index in [0.717, 1.165) is 33.5 Å². The fraction of sp³-hybridized carbons (Fsp3) is 0.0588. The Morgan fingerprint density at radius 3 is 1.18 bits per heavy atom. The van der Waals surface area contributed by atoms with Crippen LogP contribution in [0.3, 0.4) is 0 Å². The van der Waals surface area contributed by atoms with Crippen molar-refractivity contribution in [3.05, 3.63) is 141 Å². The number of aryl methyl sites for hydroxylation is 2. The van der Waals surface area contributed by atoms with Crippen molar-refractivity contribution in [2.75, 3.05) is 0 Å². The summed E-state index contributed by atoms with van der Waals surface area (Å²) >= 11 is 0. The van der Waals surface area contributed by atoms with E-state index < -0.39 is 0 Å². The SMILES string of the molecule is Cc1ccc(-n2c3ccccc3c(=O)c3cc4c(cc32)c(=O)c2ccccc2n4-c2ccc(C)cc2)cc1. The third-order valence-electron chi connectivity index (χ3n) is 7.45. The first-order chi connectivity index (χ1) is 18.5. The van der Waals surface area contributed by atoms with Crippen molar-refractivity contribution < 1.29 is 0 Å². The largest absolute Gasteiger partial charge is 0.309 e. The molecule has 7 rings (SSSR count). The zero-order valence-corrected chi connectivity index (χ0v) is 21.1. The minimum absolute atomic E-state index is 0.0445. The number of nitrogens with zero attached hydrogens (tertiary/aromatic N) is 2. The van der Waals surface area contributed by atoms with Crippen molar-refractivity contribution in [3.63, 3.8) is 0 Å². The molecule has 0 atom stereocenters. The van der Waals surface area contributed by atoms with Crippen LogP contribution in [0.5, 0.6) is 0 Å². The Bertz CT molecular complexity index is 2010. The summed E-state index contributed by atoms with van der Waals surface area (Å²) in [6, 6.07) is 35.6. The Morgan fingerprint density at radius 2 is 0.789 bits per heavy atom. The first kappa shape index (κ1) is 22.3. The van der Waals surface area contributed by atoms with E-state index in [1.165, 1.54) is 0 Å². The van der Waals surface area contributed by atoms with E-state index in [9.17, 15) is 9.59 Å². The highest BCUT2D eigenvalue weighted by atomic mass is 16.1. The molecule has 0 saturated heterocycles. The van der Waals surface area contributed by atoms with Gasteiger partial charge in [-0.05, 0) is 74.5 Å². The van der Waals surface area contributed by atoms with Crippen molar-refractivity contribution in [1.82, 2.24) is 9.13 Å². The molecule has 0 saturated carbocycles. The van der Waals surface area contributed by atoms with Crippen molar-refractivity contribution in [2.24, 2.45) is 0 Å². The molecule has 0 N–H and O–H groups in total. The zero-order chi connectivity index (χ0) is 26.0. The van der Waals surface area contributed by atoms with Crippen LogP contribution < -0.4 is 10.9 Å². The first-order valence-corrected chi connectivity index (χ1v) is 12.7. The fourth-order valence-corrected chi connectivity index (χ4v) is 5.53. The number of aromatic nitrogens is 2. The van der Waals surface area contributed by atoms with Gasteiger partial charge in [0.2, 0.25) is 0 Å². The number of hydrogen-bond donors (Lipinski definition) is 0. The number of benzene rings is 5. The maximum absolute atomic E-state index is 13.9. The molecule has 38 heavy (non-hydrogen) atoms. The first-order valence-electron chi connectivity index (χ1n) is 12.7. The second kappa shape index (κ2) is 8.29. The Hall–Kier alpha value is -4.96. The van der Waals surface area contributed by atoms with Crippen molar-refractivity contribution >= 4 is 43.6 Å². The van der Waals surface area contributed by atoms with Crippen LogP contribution in [0.25, 0.3) is 55.0 Å². The quantitative estimate of drug-likeness (QED) is 0.239. The normalized spacial score (nSPS) is 11.6. The minimum Gasteiger partial charge on any atom is -0.309 e. The summed E-state index contributed by atoms with van der Waals surface area (Å²) in [4.78, 5) is 27.8. The van der Waals surface area contributed by atoms with Crippen molar-refractivity contribution in [2.45, 2.75) is 13.8 Å².